The van der Waals surface area contributed by atoms with Crippen LogP contribution in [0.1, 0.15) is 11.4 Å². The molecule has 2 aromatic rings. The summed E-state index contributed by atoms with van der Waals surface area (Å²) in [7, 11) is 0. The highest BCUT2D eigenvalue weighted by molar-refractivity contribution is 5.69. The summed E-state index contributed by atoms with van der Waals surface area (Å²) in [6, 6.07) is 8.88. The van der Waals surface area contributed by atoms with Crippen molar-refractivity contribution in [1.82, 2.24) is 9.97 Å². The number of para-hydroxylation sites is 1. The van der Waals surface area contributed by atoms with Gasteiger partial charge in [-0.3, -0.25) is 0 Å². The molecule has 1 aromatic heterocycles. The van der Waals surface area contributed by atoms with Crippen molar-refractivity contribution in [2.24, 2.45) is 0 Å². The van der Waals surface area contributed by atoms with Gasteiger partial charge in [0.05, 0.1) is 0 Å². The van der Waals surface area contributed by atoms with Crippen LogP contribution < -0.4 is 0 Å². The number of benzene rings is 1. The molecule has 0 unspecified atom stereocenters. The number of aromatic hydroxyl groups is 1. The summed E-state index contributed by atoms with van der Waals surface area (Å²) in [6.07, 6.45) is 6.90. The first-order chi connectivity index (χ1) is 7.36. The molecule has 0 saturated heterocycles. The van der Waals surface area contributed by atoms with Crippen LogP contribution in [0.3, 0.4) is 0 Å². The van der Waals surface area contributed by atoms with Gasteiger partial charge in [0.15, 0.2) is 5.82 Å². The average Bonchev–Trinajstić information content (AvgIpc) is 2.29. The molecule has 3 heteroatoms. The molecule has 0 fully saturated rings. The third-order valence-electron chi connectivity index (χ3n) is 1.93. The van der Waals surface area contributed by atoms with Gasteiger partial charge in [-0.25, -0.2) is 9.97 Å². The molecule has 1 aromatic carbocycles. The zero-order valence-corrected chi connectivity index (χ0v) is 8.04. The Kier molecular flexibility index (Phi) is 2.74. The third kappa shape index (κ3) is 2.40. The number of hydrogen-bond acceptors (Lipinski definition) is 3. The number of aromatic nitrogens is 2. The van der Waals surface area contributed by atoms with E-state index >= 15 is 0 Å². The van der Waals surface area contributed by atoms with Crippen molar-refractivity contribution < 1.29 is 5.11 Å². The van der Waals surface area contributed by atoms with Crippen molar-refractivity contribution >= 4 is 12.2 Å². The molecule has 0 radical (unpaired) electrons. The van der Waals surface area contributed by atoms with Crippen LogP contribution in [0, 0.1) is 0 Å². The van der Waals surface area contributed by atoms with Gasteiger partial charge < -0.3 is 5.11 Å². The second-order valence-corrected chi connectivity index (χ2v) is 3.00. The van der Waals surface area contributed by atoms with Crippen molar-refractivity contribution in [2.75, 3.05) is 0 Å². The maximum absolute atomic E-state index is 9.50. The van der Waals surface area contributed by atoms with Crippen molar-refractivity contribution in [3.63, 3.8) is 0 Å². The van der Waals surface area contributed by atoms with E-state index in [0.29, 0.717) is 5.82 Å². The Morgan fingerprint density at radius 3 is 2.40 bits per heavy atom. The zero-order valence-electron chi connectivity index (χ0n) is 8.04. The first-order valence-corrected chi connectivity index (χ1v) is 4.59. The van der Waals surface area contributed by atoms with Crippen molar-refractivity contribution in [2.45, 2.75) is 0 Å². The SMILES string of the molecule is Oc1ccccc1/C=C/c1ncccn1. The van der Waals surface area contributed by atoms with Crippen molar-refractivity contribution in [1.29, 1.82) is 0 Å². The molecule has 0 aliphatic carbocycles. The smallest absolute Gasteiger partial charge is 0.151 e. The molecule has 74 valence electrons. The van der Waals surface area contributed by atoms with Gasteiger partial charge in [-0.05, 0) is 24.3 Å². The highest BCUT2D eigenvalue weighted by atomic mass is 16.3. The van der Waals surface area contributed by atoms with E-state index in [0.717, 1.165) is 5.56 Å². The molecule has 3 nitrogen and oxygen atoms in total. The molecule has 0 aliphatic rings. The Hall–Kier alpha value is -2.16. The van der Waals surface area contributed by atoms with E-state index in [4.69, 9.17) is 0 Å². The Balaban J connectivity index is 2.23. The number of nitrogens with zero attached hydrogens (tertiary/aromatic N) is 2. The quantitative estimate of drug-likeness (QED) is 0.805. The highest BCUT2D eigenvalue weighted by Gasteiger charge is 1.94. The van der Waals surface area contributed by atoms with Crippen LogP contribution in [0.15, 0.2) is 42.7 Å². The molecule has 0 saturated carbocycles. The lowest BCUT2D eigenvalue weighted by atomic mass is 10.2. The lowest BCUT2D eigenvalue weighted by Gasteiger charge is -1.96. The molecule has 0 spiro atoms. The second kappa shape index (κ2) is 4.37. The largest absolute Gasteiger partial charge is 0.507 e. The monoisotopic (exact) mass is 198 g/mol. The Morgan fingerprint density at radius 1 is 0.933 bits per heavy atom. The number of phenols is 1. The van der Waals surface area contributed by atoms with E-state index in [2.05, 4.69) is 9.97 Å². The van der Waals surface area contributed by atoms with E-state index in [1.807, 2.05) is 12.1 Å². The van der Waals surface area contributed by atoms with Crippen molar-refractivity contribution in [3.8, 4) is 5.75 Å². The predicted octanol–water partition coefficient (Wildman–Crippen LogP) is 2.35. The van der Waals surface area contributed by atoms with Crippen LogP contribution in [0.4, 0.5) is 0 Å². The average molecular weight is 198 g/mol. The van der Waals surface area contributed by atoms with Crippen LogP contribution in [-0.4, -0.2) is 15.1 Å². The molecule has 1 heterocycles. The Bertz CT molecular complexity index is 466. The topological polar surface area (TPSA) is 46.0 Å². The normalized spacial score (nSPS) is 10.7. The number of rotatable bonds is 2. The van der Waals surface area contributed by atoms with Gasteiger partial charge in [-0.1, -0.05) is 18.2 Å². The summed E-state index contributed by atoms with van der Waals surface area (Å²) >= 11 is 0. The molecule has 2 rings (SSSR count). The van der Waals surface area contributed by atoms with Gasteiger partial charge >= 0.3 is 0 Å². The fourth-order valence-electron chi connectivity index (χ4n) is 1.19. The maximum Gasteiger partial charge on any atom is 0.151 e. The molecule has 0 aliphatic heterocycles. The van der Waals surface area contributed by atoms with Crippen LogP contribution in [0.5, 0.6) is 5.75 Å². The molecule has 0 bridgehead atoms. The predicted molar refractivity (Wildman–Crippen MR) is 59.1 cm³/mol. The minimum absolute atomic E-state index is 0.254. The van der Waals surface area contributed by atoms with Crippen LogP contribution >= 0.6 is 0 Å². The minimum atomic E-state index is 0.254. The summed E-state index contributed by atoms with van der Waals surface area (Å²) < 4.78 is 0. The van der Waals surface area contributed by atoms with Crippen LogP contribution in [0.25, 0.3) is 12.2 Å². The van der Waals surface area contributed by atoms with E-state index in [9.17, 15) is 5.11 Å². The Labute approximate surface area is 87.8 Å². The molecular formula is C12H10N2O. The standard InChI is InChI=1S/C12H10N2O/c15-11-5-2-1-4-10(11)6-7-12-13-8-3-9-14-12/h1-9,15H/b7-6+. The van der Waals surface area contributed by atoms with Gasteiger partial charge in [-0.2, -0.15) is 0 Å². The molecule has 0 amide bonds. The van der Waals surface area contributed by atoms with E-state index in [1.165, 1.54) is 0 Å². The summed E-state index contributed by atoms with van der Waals surface area (Å²) in [6.45, 7) is 0. The maximum atomic E-state index is 9.50. The molecule has 15 heavy (non-hydrogen) atoms. The summed E-state index contributed by atoms with van der Waals surface area (Å²) in [4.78, 5) is 8.09. The van der Waals surface area contributed by atoms with Gasteiger partial charge in [0.25, 0.3) is 0 Å². The van der Waals surface area contributed by atoms with Gasteiger partial charge in [0.2, 0.25) is 0 Å². The van der Waals surface area contributed by atoms with Gasteiger partial charge in [-0.15, -0.1) is 0 Å². The second-order valence-electron chi connectivity index (χ2n) is 3.00. The fourth-order valence-corrected chi connectivity index (χ4v) is 1.19. The highest BCUT2D eigenvalue weighted by Crippen LogP contribution is 2.17. The molecule has 0 atom stereocenters. The summed E-state index contributed by atoms with van der Waals surface area (Å²) in [5.74, 6) is 0.880. The molecular weight excluding hydrogens is 188 g/mol. The third-order valence-corrected chi connectivity index (χ3v) is 1.93. The van der Waals surface area contributed by atoms with Crippen molar-refractivity contribution in [3.05, 3.63) is 54.1 Å². The zero-order chi connectivity index (χ0) is 10.5. The van der Waals surface area contributed by atoms with E-state index in [-0.39, 0.29) is 5.75 Å². The first-order valence-electron chi connectivity index (χ1n) is 4.59. The first kappa shape index (κ1) is 9.40. The van der Waals surface area contributed by atoms with Gasteiger partial charge in [0, 0.05) is 18.0 Å². The lowest BCUT2D eigenvalue weighted by molar-refractivity contribution is 0.474. The number of phenolic OH excluding ortho intramolecular Hbond substituents is 1. The fraction of sp³-hybridized carbons (Fsp3) is 0. The Morgan fingerprint density at radius 2 is 1.67 bits per heavy atom. The number of hydrogen-bond donors (Lipinski definition) is 1. The van der Waals surface area contributed by atoms with Crippen LogP contribution in [0.2, 0.25) is 0 Å². The minimum Gasteiger partial charge on any atom is -0.507 e. The van der Waals surface area contributed by atoms with E-state index in [1.54, 1.807) is 42.7 Å². The van der Waals surface area contributed by atoms with Gasteiger partial charge in [0.1, 0.15) is 5.75 Å². The molecule has 1 N–H and O–H groups in total. The summed E-state index contributed by atoms with van der Waals surface area (Å²) in [5, 5.41) is 9.50. The van der Waals surface area contributed by atoms with Crippen LogP contribution in [-0.2, 0) is 0 Å². The van der Waals surface area contributed by atoms with E-state index < -0.39 is 0 Å². The summed E-state index contributed by atoms with van der Waals surface area (Å²) in [5.41, 5.74) is 0.755. The lowest BCUT2D eigenvalue weighted by Crippen LogP contribution is -1.82.